The first-order chi connectivity index (χ1) is 10.6. The summed E-state index contributed by atoms with van der Waals surface area (Å²) < 4.78 is 11.3. The molecule has 22 heavy (non-hydrogen) atoms. The number of ketones is 1. The van der Waals surface area contributed by atoms with Crippen LogP contribution in [-0.2, 0) is 16.1 Å². The van der Waals surface area contributed by atoms with Gasteiger partial charge >= 0.3 is 0 Å². The highest BCUT2D eigenvalue weighted by Gasteiger charge is 2.31. The number of benzene rings is 1. The molecule has 0 aliphatic carbocycles. The molecule has 2 aliphatic heterocycles. The summed E-state index contributed by atoms with van der Waals surface area (Å²) >= 11 is 0. The summed E-state index contributed by atoms with van der Waals surface area (Å²) in [5.74, 6) is -0.00510. The van der Waals surface area contributed by atoms with E-state index in [2.05, 4.69) is 5.32 Å². The molecule has 6 nitrogen and oxygen atoms in total. The number of fused-ring (bicyclic) bond motifs is 1. The van der Waals surface area contributed by atoms with Crippen LogP contribution in [0.4, 0.5) is 0 Å². The highest BCUT2D eigenvalue weighted by atomic mass is 16.5. The molecule has 1 saturated heterocycles. The summed E-state index contributed by atoms with van der Waals surface area (Å²) in [4.78, 5) is 23.9. The third kappa shape index (κ3) is 3.13. The Bertz CT molecular complexity index is 582. The van der Waals surface area contributed by atoms with Crippen molar-refractivity contribution >= 4 is 11.7 Å². The molecule has 0 bridgehead atoms. The largest absolute Gasteiger partial charge is 0.481 e. The van der Waals surface area contributed by atoms with Gasteiger partial charge < -0.3 is 20.5 Å². The van der Waals surface area contributed by atoms with Crippen LogP contribution < -0.4 is 15.8 Å². The van der Waals surface area contributed by atoms with Crippen molar-refractivity contribution in [2.75, 3.05) is 19.8 Å². The van der Waals surface area contributed by atoms with Crippen molar-refractivity contribution in [2.45, 2.75) is 25.5 Å². The topological polar surface area (TPSA) is 90.7 Å². The van der Waals surface area contributed by atoms with Crippen LogP contribution in [0.2, 0.25) is 0 Å². The lowest BCUT2D eigenvalue weighted by Gasteiger charge is -2.25. The van der Waals surface area contributed by atoms with E-state index in [1.165, 1.54) is 0 Å². The van der Waals surface area contributed by atoms with E-state index in [1.807, 2.05) is 0 Å². The molecule has 2 atom stereocenters. The first-order valence-corrected chi connectivity index (χ1v) is 7.56. The summed E-state index contributed by atoms with van der Waals surface area (Å²) in [5.41, 5.74) is 6.60. The number of carbonyl (C=O) groups is 2. The minimum absolute atomic E-state index is 0.0597. The minimum atomic E-state index is -0.559. The lowest BCUT2D eigenvalue weighted by atomic mass is 9.94. The van der Waals surface area contributed by atoms with Crippen LogP contribution in [0.25, 0.3) is 0 Å². The van der Waals surface area contributed by atoms with Crippen LogP contribution in [0.5, 0.6) is 5.75 Å². The molecule has 0 spiro atoms. The van der Waals surface area contributed by atoms with E-state index in [0.717, 1.165) is 25.0 Å². The number of nitrogens with two attached hydrogens (primary N) is 1. The minimum Gasteiger partial charge on any atom is -0.481 e. The molecule has 118 valence electrons. The van der Waals surface area contributed by atoms with Crippen molar-refractivity contribution in [3.63, 3.8) is 0 Å². The number of hydrogen-bond acceptors (Lipinski definition) is 5. The Morgan fingerprint density at radius 3 is 2.91 bits per heavy atom. The molecular formula is C16H20N2O4. The van der Waals surface area contributed by atoms with Crippen molar-refractivity contribution < 1.29 is 19.1 Å². The summed E-state index contributed by atoms with van der Waals surface area (Å²) in [6.45, 7) is 2.24. The smallest absolute Gasteiger partial charge is 0.248 e. The molecule has 1 fully saturated rings. The van der Waals surface area contributed by atoms with E-state index < -0.39 is 12.0 Å². The molecule has 1 aromatic carbocycles. The molecule has 3 rings (SSSR count). The predicted octanol–water partition coefficient (Wildman–Crippen LogP) is 0.632. The van der Waals surface area contributed by atoms with Crippen LogP contribution in [0, 0.1) is 5.92 Å². The van der Waals surface area contributed by atoms with Crippen LogP contribution in [0.1, 0.15) is 28.8 Å². The van der Waals surface area contributed by atoms with Gasteiger partial charge in [0, 0.05) is 36.7 Å². The standard InChI is InChI=1S/C16H20N2O4/c17-16(20)10-3-4-11-7-18-8-14(22-13(11)6-10)15(19)12-2-1-5-21-9-12/h3-4,6,12,14,18H,1-2,5,7-9H2,(H2,17,20)/t12-,14?/m1/s1. The number of hydrogen-bond donors (Lipinski definition) is 2. The van der Waals surface area contributed by atoms with Crippen molar-refractivity contribution in [3.05, 3.63) is 29.3 Å². The maximum Gasteiger partial charge on any atom is 0.248 e. The zero-order valence-corrected chi connectivity index (χ0v) is 12.3. The normalized spacial score (nSPS) is 24.7. The van der Waals surface area contributed by atoms with E-state index in [4.69, 9.17) is 15.2 Å². The second-order valence-electron chi connectivity index (χ2n) is 5.74. The molecule has 1 amide bonds. The lowest BCUT2D eigenvalue weighted by Crippen LogP contribution is -2.41. The van der Waals surface area contributed by atoms with E-state index >= 15 is 0 Å². The zero-order valence-electron chi connectivity index (χ0n) is 12.3. The number of carbonyl (C=O) groups excluding carboxylic acids is 2. The van der Waals surface area contributed by atoms with Gasteiger partial charge in [-0.2, -0.15) is 0 Å². The molecular weight excluding hydrogens is 284 g/mol. The molecule has 3 N–H and O–H groups in total. The molecule has 1 unspecified atom stereocenters. The van der Waals surface area contributed by atoms with Crippen LogP contribution >= 0.6 is 0 Å². The predicted molar refractivity (Wildman–Crippen MR) is 79.6 cm³/mol. The second-order valence-corrected chi connectivity index (χ2v) is 5.74. The van der Waals surface area contributed by atoms with Crippen molar-refractivity contribution in [3.8, 4) is 5.75 Å². The average Bonchev–Trinajstić information content (AvgIpc) is 2.76. The van der Waals surface area contributed by atoms with Gasteiger partial charge in [-0.3, -0.25) is 9.59 Å². The van der Waals surface area contributed by atoms with Crippen molar-refractivity contribution in [1.82, 2.24) is 5.32 Å². The second kappa shape index (κ2) is 6.46. The molecule has 6 heteroatoms. The maximum absolute atomic E-state index is 12.6. The summed E-state index contributed by atoms with van der Waals surface area (Å²) in [7, 11) is 0. The third-order valence-electron chi connectivity index (χ3n) is 4.15. The van der Waals surface area contributed by atoms with Crippen molar-refractivity contribution in [1.29, 1.82) is 0 Å². The number of ether oxygens (including phenoxy) is 2. The Hall–Kier alpha value is -1.92. The van der Waals surface area contributed by atoms with Gasteiger partial charge in [0.2, 0.25) is 5.91 Å². The fourth-order valence-corrected chi connectivity index (χ4v) is 2.88. The monoisotopic (exact) mass is 304 g/mol. The fraction of sp³-hybridized carbons (Fsp3) is 0.500. The fourth-order valence-electron chi connectivity index (χ4n) is 2.88. The SMILES string of the molecule is NC(=O)c1ccc2c(c1)OC(C(=O)[C@@H]1CCCOC1)CNC2. The third-order valence-corrected chi connectivity index (χ3v) is 4.15. The number of primary amides is 1. The van der Waals surface area contributed by atoms with E-state index in [9.17, 15) is 9.59 Å². The summed E-state index contributed by atoms with van der Waals surface area (Å²) in [6, 6.07) is 5.09. The average molecular weight is 304 g/mol. The Labute approximate surface area is 129 Å². The van der Waals surface area contributed by atoms with E-state index in [0.29, 0.717) is 31.0 Å². The number of Topliss-reactive ketones (excluding diaryl/α,β-unsaturated/α-hetero) is 1. The lowest BCUT2D eigenvalue weighted by molar-refractivity contribution is -0.133. The quantitative estimate of drug-likeness (QED) is 0.855. The zero-order chi connectivity index (χ0) is 15.5. The van der Waals surface area contributed by atoms with Gasteiger partial charge in [-0.25, -0.2) is 0 Å². The molecule has 2 aliphatic rings. The Balaban J connectivity index is 1.79. The van der Waals surface area contributed by atoms with Crippen molar-refractivity contribution in [2.24, 2.45) is 11.7 Å². The molecule has 1 aromatic rings. The Morgan fingerprint density at radius 1 is 1.32 bits per heavy atom. The van der Waals surface area contributed by atoms with Gasteiger partial charge in [0.05, 0.1) is 6.61 Å². The number of rotatable bonds is 3. The molecule has 0 aromatic heterocycles. The molecule has 2 heterocycles. The highest BCUT2D eigenvalue weighted by Crippen LogP contribution is 2.26. The van der Waals surface area contributed by atoms with Crippen LogP contribution in [0.15, 0.2) is 18.2 Å². The molecule has 0 radical (unpaired) electrons. The van der Waals surface area contributed by atoms with Gasteiger partial charge in [-0.1, -0.05) is 6.07 Å². The first-order valence-electron chi connectivity index (χ1n) is 7.56. The van der Waals surface area contributed by atoms with Gasteiger partial charge in [0.15, 0.2) is 11.9 Å². The van der Waals surface area contributed by atoms with Crippen LogP contribution in [-0.4, -0.2) is 37.6 Å². The van der Waals surface area contributed by atoms with E-state index in [-0.39, 0.29) is 11.7 Å². The Kier molecular flexibility index (Phi) is 4.40. The number of amides is 1. The van der Waals surface area contributed by atoms with Gasteiger partial charge in [-0.05, 0) is 25.0 Å². The van der Waals surface area contributed by atoms with Gasteiger partial charge in [0.25, 0.3) is 0 Å². The first kappa shape index (κ1) is 15.0. The molecule has 0 saturated carbocycles. The maximum atomic E-state index is 12.6. The van der Waals surface area contributed by atoms with Gasteiger partial charge in [0.1, 0.15) is 5.75 Å². The number of nitrogens with one attached hydrogen (secondary N) is 1. The summed E-state index contributed by atoms with van der Waals surface area (Å²) in [6.07, 6.45) is 1.18. The van der Waals surface area contributed by atoms with Crippen LogP contribution in [0.3, 0.4) is 0 Å². The van der Waals surface area contributed by atoms with E-state index in [1.54, 1.807) is 18.2 Å². The van der Waals surface area contributed by atoms with Gasteiger partial charge in [-0.15, -0.1) is 0 Å². The Morgan fingerprint density at radius 2 is 2.18 bits per heavy atom. The summed E-state index contributed by atoms with van der Waals surface area (Å²) in [5, 5.41) is 3.22. The highest BCUT2D eigenvalue weighted by molar-refractivity contribution is 5.93.